The second-order valence-corrected chi connectivity index (χ2v) is 7.30. The second-order valence-electron chi connectivity index (χ2n) is 4.72. The van der Waals surface area contributed by atoms with Crippen molar-refractivity contribution in [3.8, 4) is 6.07 Å². The monoisotopic (exact) mass is 341 g/mol. The molecular formula is C16H8ClN3S2. The van der Waals surface area contributed by atoms with E-state index in [1.165, 1.54) is 0 Å². The summed E-state index contributed by atoms with van der Waals surface area (Å²) in [5, 5.41) is 15.0. The number of nitrogens with zero attached hydrogens (tertiary/aromatic N) is 2. The van der Waals surface area contributed by atoms with Crippen molar-refractivity contribution in [1.82, 2.24) is 4.98 Å². The maximum atomic E-state index is 8.95. The van der Waals surface area contributed by atoms with Crippen LogP contribution in [0.2, 0.25) is 5.02 Å². The molecule has 2 heterocycles. The van der Waals surface area contributed by atoms with Crippen molar-refractivity contribution in [2.45, 2.75) is 4.90 Å². The first kappa shape index (κ1) is 13.6. The third-order valence-corrected chi connectivity index (χ3v) is 5.44. The molecule has 0 saturated heterocycles. The van der Waals surface area contributed by atoms with E-state index in [0.29, 0.717) is 5.56 Å². The molecule has 2 aromatic carbocycles. The van der Waals surface area contributed by atoms with E-state index in [1.54, 1.807) is 23.1 Å². The molecule has 0 atom stereocenters. The van der Waals surface area contributed by atoms with Gasteiger partial charge in [-0.1, -0.05) is 23.4 Å². The fraction of sp³-hybridized carbons (Fsp3) is 0. The van der Waals surface area contributed by atoms with Crippen LogP contribution in [0.4, 0.5) is 5.69 Å². The molecule has 0 unspecified atom stereocenters. The molecule has 106 valence electrons. The number of hydrogen-bond acceptors (Lipinski definition) is 5. The van der Waals surface area contributed by atoms with Crippen LogP contribution in [0, 0.1) is 11.3 Å². The summed E-state index contributed by atoms with van der Waals surface area (Å²) in [6.07, 6.45) is 2.02. The minimum Gasteiger partial charge on any atom is -0.349 e. The molecule has 0 fully saturated rings. The van der Waals surface area contributed by atoms with E-state index in [-0.39, 0.29) is 0 Å². The van der Waals surface area contributed by atoms with E-state index in [2.05, 4.69) is 16.4 Å². The van der Waals surface area contributed by atoms with Crippen molar-refractivity contribution in [3.05, 3.63) is 57.0 Å². The largest absolute Gasteiger partial charge is 0.349 e. The van der Waals surface area contributed by atoms with Gasteiger partial charge in [-0.15, -0.1) is 11.3 Å². The molecule has 22 heavy (non-hydrogen) atoms. The molecule has 0 bridgehead atoms. The molecule has 0 spiro atoms. The summed E-state index contributed by atoms with van der Waals surface area (Å²) >= 11 is 9.28. The molecule has 1 N–H and O–H groups in total. The van der Waals surface area contributed by atoms with Gasteiger partial charge in [-0.2, -0.15) is 5.26 Å². The van der Waals surface area contributed by atoms with Gasteiger partial charge in [0.05, 0.1) is 32.6 Å². The third-order valence-electron chi connectivity index (χ3n) is 3.21. The van der Waals surface area contributed by atoms with Gasteiger partial charge in [0.15, 0.2) is 0 Å². The summed E-state index contributed by atoms with van der Waals surface area (Å²) < 4.78 is 1.08. The summed E-state index contributed by atoms with van der Waals surface area (Å²) in [6.45, 7) is 0. The number of hydrogen-bond donors (Lipinski definition) is 1. The van der Waals surface area contributed by atoms with Crippen LogP contribution >= 0.6 is 34.7 Å². The van der Waals surface area contributed by atoms with Crippen molar-refractivity contribution in [2.75, 3.05) is 5.32 Å². The molecule has 1 aromatic heterocycles. The van der Waals surface area contributed by atoms with E-state index in [4.69, 9.17) is 16.9 Å². The number of thiazole rings is 1. The van der Waals surface area contributed by atoms with Gasteiger partial charge < -0.3 is 5.32 Å². The predicted molar refractivity (Wildman–Crippen MR) is 93.2 cm³/mol. The van der Waals surface area contributed by atoms with E-state index >= 15 is 0 Å². The summed E-state index contributed by atoms with van der Waals surface area (Å²) in [7, 11) is 0. The Hall–Kier alpha value is -2.00. The number of aromatic nitrogens is 1. The fourth-order valence-electron chi connectivity index (χ4n) is 2.22. The summed E-state index contributed by atoms with van der Waals surface area (Å²) in [5.41, 5.74) is 2.52. The van der Waals surface area contributed by atoms with Crippen molar-refractivity contribution in [2.24, 2.45) is 0 Å². The van der Waals surface area contributed by atoms with E-state index < -0.39 is 0 Å². The van der Waals surface area contributed by atoms with Crippen molar-refractivity contribution >= 4 is 56.7 Å². The van der Waals surface area contributed by atoms with Crippen molar-refractivity contribution < 1.29 is 0 Å². The summed E-state index contributed by atoms with van der Waals surface area (Å²) in [5.74, 6) is 0. The van der Waals surface area contributed by atoms with Gasteiger partial charge in [0.2, 0.25) is 0 Å². The van der Waals surface area contributed by atoms with E-state index in [0.717, 1.165) is 35.9 Å². The molecule has 3 aromatic rings. The zero-order chi connectivity index (χ0) is 15.1. The minimum atomic E-state index is 0.632. The van der Waals surface area contributed by atoms with Crippen LogP contribution in [0.1, 0.15) is 10.6 Å². The first-order valence-electron chi connectivity index (χ1n) is 6.48. The Kier molecular flexibility index (Phi) is 3.30. The normalized spacial score (nSPS) is 14.8. The molecule has 1 aliphatic heterocycles. The Morgan fingerprint density at radius 3 is 3.00 bits per heavy atom. The molecule has 0 radical (unpaired) electrons. The van der Waals surface area contributed by atoms with Gasteiger partial charge in [-0.05, 0) is 36.4 Å². The van der Waals surface area contributed by atoms with Crippen LogP contribution in [-0.4, -0.2) is 4.98 Å². The number of nitriles is 1. The number of nitrogens with one attached hydrogen (secondary N) is 1. The molecule has 1 aliphatic rings. The van der Waals surface area contributed by atoms with Gasteiger partial charge in [0.1, 0.15) is 5.01 Å². The highest BCUT2D eigenvalue weighted by Crippen LogP contribution is 2.43. The van der Waals surface area contributed by atoms with Gasteiger partial charge in [-0.25, -0.2) is 4.98 Å². The average Bonchev–Trinajstić information content (AvgIpc) is 3.08. The lowest BCUT2D eigenvalue weighted by Gasteiger charge is -1.97. The van der Waals surface area contributed by atoms with Gasteiger partial charge >= 0.3 is 0 Å². The Labute approximate surface area is 140 Å². The standard InChI is InChI=1S/C16H8ClN3S2/c17-10-2-4-14-12(6-10)20-16(22-14)7-15-19-11-5-9(8-18)1-3-13(11)21-15/h1-7,20H/b16-7-. The van der Waals surface area contributed by atoms with E-state index in [1.807, 2.05) is 42.5 Å². The van der Waals surface area contributed by atoms with E-state index in [9.17, 15) is 0 Å². The fourth-order valence-corrected chi connectivity index (χ4v) is 4.28. The quantitative estimate of drug-likeness (QED) is 0.649. The highest BCUT2D eigenvalue weighted by Gasteiger charge is 2.16. The number of anilines is 1. The first-order valence-corrected chi connectivity index (χ1v) is 8.49. The zero-order valence-corrected chi connectivity index (χ0v) is 13.5. The Morgan fingerprint density at radius 2 is 2.14 bits per heavy atom. The molecule has 0 aliphatic carbocycles. The highest BCUT2D eigenvalue weighted by molar-refractivity contribution is 8.03. The first-order chi connectivity index (χ1) is 10.7. The molecule has 3 nitrogen and oxygen atoms in total. The summed E-state index contributed by atoms with van der Waals surface area (Å²) in [4.78, 5) is 5.73. The number of thioether (sulfide) groups is 1. The van der Waals surface area contributed by atoms with Gasteiger partial charge in [0.25, 0.3) is 0 Å². The second kappa shape index (κ2) is 5.33. The molecule has 4 rings (SSSR count). The lowest BCUT2D eigenvalue weighted by Crippen LogP contribution is -1.87. The lowest BCUT2D eigenvalue weighted by atomic mass is 10.2. The SMILES string of the molecule is N#Cc1ccc2sc(/C=C3/Nc4cc(Cl)ccc4S3)nc2c1. The van der Waals surface area contributed by atoms with Crippen LogP contribution in [0.25, 0.3) is 16.3 Å². The van der Waals surface area contributed by atoms with Crippen LogP contribution in [0.15, 0.2) is 46.3 Å². The number of benzene rings is 2. The zero-order valence-electron chi connectivity index (χ0n) is 11.1. The molecule has 0 amide bonds. The number of fused-ring (bicyclic) bond motifs is 2. The topological polar surface area (TPSA) is 48.7 Å². The Balaban J connectivity index is 1.68. The minimum absolute atomic E-state index is 0.632. The van der Waals surface area contributed by atoms with Crippen molar-refractivity contribution in [1.29, 1.82) is 5.26 Å². The predicted octanol–water partition coefficient (Wildman–Crippen LogP) is 5.34. The van der Waals surface area contributed by atoms with Crippen LogP contribution < -0.4 is 5.32 Å². The Bertz CT molecular complexity index is 969. The van der Waals surface area contributed by atoms with Gasteiger partial charge in [-0.3, -0.25) is 0 Å². The number of rotatable bonds is 1. The maximum absolute atomic E-state index is 8.95. The average molecular weight is 342 g/mol. The number of halogens is 1. The van der Waals surface area contributed by atoms with Crippen LogP contribution in [-0.2, 0) is 0 Å². The molecule has 6 heteroatoms. The van der Waals surface area contributed by atoms with Crippen LogP contribution in [0.5, 0.6) is 0 Å². The molecular weight excluding hydrogens is 334 g/mol. The van der Waals surface area contributed by atoms with Gasteiger partial charge in [0, 0.05) is 16.0 Å². The maximum Gasteiger partial charge on any atom is 0.119 e. The van der Waals surface area contributed by atoms with Crippen LogP contribution in [0.3, 0.4) is 0 Å². The smallest absolute Gasteiger partial charge is 0.119 e. The molecule has 0 saturated carbocycles. The third kappa shape index (κ3) is 2.46. The Morgan fingerprint density at radius 1 is 1.23 bits per heavy atom. The van der Waals surface area contributed by atoms with Crippen molar-refractivity contribution in [3.63, 3.8) is 0 Å². The lowest BCUT2D eigenvalue weighted by molar-refractivity contribution is 1.43. The summed E-state index contributed by atoms with van der Waals surface area (Å²) in [6, 6.07) is 13.5. The highest BCUT2D eigenvalue weighted by atomic mass is 35.5.